The van der Waals surface area contributed by atoms with Gasteiger partial charge in [-0.1, -0.05) is 43.2 Å². The Morgan fingerprint density at radius 2 is 1.91 bits per heavy atom. The molecule has 116 valence electrons. The van der Waals surface area contributed by atoms with Gasteiger partial charge >= 0.3 is 0 Å². The van der Waals surface area contributed by atoms with Gasteiger partial charge in [0.15, 0.2) is 0 Å². The highest BCUT2D eigenvalue weighted by molar-refractivity contribution is 7.98. The lowest BCUT2D eigenvalue weighted by Crippen LogP contribution is -2.04. The maximum atomic E-state index is 10.6. The van der Waals surface area contributed by atoms with Crippen LogP contribution in [-0.2, 0) is 5.75 Å². The first-order valence-corrected chi connectivity index (χ1v) is 8.40. The van der Waals surface area contributed by atoms with E-state index < -0.39 is 4.92 Å². The van der Waals surface area contributed by atoms with E-state index in [0.717, 1.165) is 24.3 Å². The van der Waals surface area contributed by atoms with Gasteiger partial charge in [-0.2, -0.15) is 0 Å². The van der Waals surface area contributed by atoms with Crippen LogP contribution >= 0.6 is 11.8 Å². The Kier molecular flexibility index (Phi) is 4.72. The average Bonchev–Trinajstić information content (AvgIpc) is 3.03. The molecule has 1 aliphatic carbocycles. The summed E-state index contributed by atoms with van der Waals surface area (Å²) in [6, 6.07) is 6.53. The van der Waals surface area contributed by atoms with E-state index in [1.807, 2.05) is 0 Å². The van der Waals surface area contributed by atoms with Crippen molar-refractivity contribution in [2.24, 2.45) is 0 Å². The van der Waals surface area contributed by atoms with Crippen LogP contribution in [0, 0.1) is 10.1 Å². The fourth-order valence-electron chi connectivity index (χ4n) is 2.65. The molecule has 1 aromatic carbocycles. The molecule has 7 heteroatoms. The highest BCUT2D eigenvalue weighted by Crippen LogP contribution is 2.33. The van der Waals surface area contributed by atoms with Gasteiger partial charge in [0.25, 0.3) is 10.9 Å². The van der Waals surface area contributed by atoms with Gasteiger partial charge in [0.05, 0.1) is 4.92 Å². The molecule has 1 aliphatic rings. The lowest BCUT2D eigenvalue weighted by Gasteiger charge is -2.17. The number of non-ortho nitro benzene ring substituents is 1. The van der Waals surface area contributed by atoms with Gasteiger partial charge < -0.3 is 4.42 Å². The number of nitro benzene ring substituents is 1. The maximum Gasteiger partial charge on any atom is 0.276 e. The van der Waals surface area contributed by atoms with Crippen LogP contribution in [0.15, 0.2) is 33.9 Å². The zero-order valence-electron chi connectivity index (χ0n) is 12.1. The molecule has 0 unspecified atom stereocenters. The molecule has 2 aromatic rings. The van der Waals surface area contributed by atoms with Crippen molar-refractivity contribution in [2.75, 3.05) is 0 Å². The third kappa shape index (κ3) is 3.65. The van der Waals surface area contributed by atoms with Crippen molar-refractivity contribution in [3.05, 3.63) is 45.8 Å². The fourth-order valence-corrected chi connectivity index (χ4v) is 3.38. The monoisotopic (exact) mass is 319 g/mol. The molecule has 0 radical (unpaired) electrons. The van der Waals surface area contributed by atoms with Crippen molar-refractivity contribution in [1.29, 1.82) is 0 Å². The zero-order valence-corrected chi connectivity index (χ0v) is 12.9. The standard InChI is InChI=1S/C15H17N3O3S/c19-18(20)13-8-6-11(7-9-13)10-22-15-17-16-14(21-15)12-4-2-1-3-5-12/h6-9,12H,1-5,10H2. The average molecular weight is 319 g/mol. The third-order valence-corrected chi connectivity index (χ3v) is 4.78. The second kappa shape index (κ2) is 6.91. The van der Waals surface area contributed by atoms with Crippen molar-refractivity contribution in [3.8, 4) is 0 Å². The Morgan fingerprint density at radius 3 is 2.59 bits per heavy atom. The van der Waals surface area contributed by atoms with Crippen LogP contribution in [0.5, 0.6) is 0 Å². The quantitative estimate of drug-likeness (QED) is 0.464. The van der Waals surface area contributed by atoms with Gasteiger partial charge in [-0.15, -0.1) is 10.2 Å². The third-order valence-electron chi connectivity index (χ3n) is 3.89. The Hall–Kier alpha value is -1.89. The SMILES string of the molecule is O=[N+]([O-])c1ccc(CSc2nnc(C3CCCCC3)o2)cc1. The maximum absolute atomic E-state index is 10.6. The number of hydrogen-bond acceptors (Lipinski definition) is 6. The Balaban J connectivity index is 1.57. The van der Waals surface area contributed by atoms with Gasteiger partial charge in [0, 0.05) is 23.8 Å². The van der Waals surface area contributed by atoms with Crippen LogP contribution in [0.3, 0.4) is 0 Å². The second-order valence-corrected chi connectivity index (χ2v) is 6.38. The fraction of sp³-hybridized carbons (Fsp3) is 0.467. The summed E-state index contributed by atoms with van der Waals surface area (Å²) in [7, 11) is 0. The van der Waals surface area contributed by atoms with E-state index in [9.17, 15) is 10.1 Å². The van der Waals surface area contributed by atoms with Crippen LogP contribution in [0.25, 0.3) is 0 Å². The molecule has 0 amide bonds. The summed E-state index contributed by atoms with van der Waals surface area (Å²) in [5.74, 6) is 1.82. The zero-order chi connectivity index (χ0) is 15.4. The van der Waals surface area contributed by atoms with Crippen molar-refractivity contribution < 1.29 is 9.34 Å². The molecule has 0 N–H and O–H groups in total. The van der Waals surface area contributed by atoms with Crippen molar-refractivity contribution in [1.82, 2.24) is 10.2 Å². The number of rotatable bonds is 5. The molecule has 1 aromatic heterocycles. The van der Waals surface area contributed by atoms with E-state index in [2.05, 4.69) is 10.2 Å². The number of benzene rings is 1. The van der Waals surface area contributed by atoms with E-state index in [1.54, 1.807) is 12.1 Å². The lowest BCUT2D eigenvalue weighted by molar-refractivity contribution is -0.384. The minimum absolute atomic E-state index is 0.103. The summed E-state index contributed by atoms with van der Waals surface area (Å²) >= 11 is 1.46. The molecule has 1 fully saturated rings. The molecule has 0 saturated heterocycles. The normalized spacial score (nSPS) is 15.8. The van der Waals surface area contributed by atoms with Crippen LogP contribution in [0.1, 0.15) is 49.5 Å². The highest BCUT2D eigenvalue weighted by Gasteiger charge is 2.21. The number of thioether (sulfide) groups is 1. The largest absolute Gasteiger partial charge is 0.416 e. The Morgan fingerprint density at radius 1 is 1.18 bits per heavy atom. The molecule has 0 atom stereocenters. The first kappa shape index (κ1) is 15.0. The van der Waals surface area contributed by atoms with Crippen LogP contribution in [0.4, 0.5) is 5.69 Å². The first-order chi connectivity index (χ1) is 10.7. The second-order valence-electron chi connectivity index (χ2n) is 5.45. The van der Waals surface area contributed by atoms with E-state index in [-0.39, 0.29) is 5.69 Å². The van der Waals surface area contributed by atoms with Gasteiger partial charge in [0.1, 0.15) is 0 Å². The topological polar surface area (TPSA) is 82.1 Å². The van der Waals surface area contributed by atoms with Gasteiger partial charge in [-0.05, 0) is 18.4 Å². The molecule has 1 heterocycles. The van der Waals surface area contributed by atoms with E-state index in [1.165, 1.54) is 43.2 Å². The van der Waals surface area contributed by atoms with Gasteiger partial charge in [-0.25, -0.2) is 0 Å². The molecular formula is C15H17N3O3S. The molecule has 3 rings (SSSR count). The van der Waals surface area contributed by atoms with Crippen LogP contribution in [0.2, 0.25) is 0 Å². The summed E-state index contributed by atoms with van der Waals surface area (Å²) < 4.78 is 5.74. The minimum Gasteiger partial charge on any atom is -0.416 e. The molecule has 6 nitrogen and oxygen atoms in total. The van der Waals surface area contributed by atoms with E-state index >= 15 is 0 Å². The lowest BCUT2D eigenvalue weighted by atomic mass is 9.89. The predicted octanol–water partition coefficient (Wildman–Crippen LogP) is 4.32. The summed E-state index contributed by atoms with van der Waals surface area (Å²) in [5, 5.41) is 19.4. The van der Waals surface area contributed by atoms with Crippen LogP contribution < -0.4 is 0 Å². The summed E-state index contributed by atoms with van der Waals surface area (Å²) in [5.41, 5.74) is 1.10. The predicted molar refractivity (Wildman–Crippen MR) is 82.8 cm³/mol. The number of hydrogen-bond donors (Lipinski definition) is 0. The minimum atomic E-state index is -0.397. The summed E-state index contributed by atoms with van der Waals surface area (Å²) in [4.78, 5) is 10.2. The van der Waals surface area contributed by atoms with Crippen molar-refractivity contribution in [3.63, 3.8) is 0 Å². The Labute approximate surface area is 132 Å². The summed E-state index contributed by atoms with van der Waals surface area (Å²) in [6.07, 6.45) is 6.03. The smallest absolute Gasteiger partial charge is 0.276 e. The Bertz CT molecular complexity index is 636. The number of aromatic nitrogens is 2. The summed E-state index contributed by atoms with van der Waals surface area (Å²) in [6.45, 7) is 0. The van der Waals surface area contributed by atoms with Crippen molar-refractivity contribution in [2.45, 2.75) is 49.0 Å². The molecule has 0 spiro atoms. The van der Waals surface area contributed by atoms with E-state index in [4.69, 9.17) is 4.42 Å². The molecular weight excluding hydrogens is 302 g/mol. The number of nitro groups is 1. The molecule has 1 saturated carbocycles. The van der Waals surface area contributed by atoms with E-state index in [0.29, 0.717) is 16.9 Å². The van der Waals surface area contributed by atoms with Crippen molar-refractivity contribution >= 4 is 17.4 Å². The number of nitrogens with zero attached hydrogens (tertiary/aromatic N) is 3. The van der Waals surface area contributed by atoms with Crippen LogP contribution in [-0.4, -0.2) is 15.1 Å². The van der Waals surface area contributed by atoms with Gasteiger partial charge in [-0.3, -0.25) is 10.1 Å². The molecule has 0 bridgehead atoms. The molecule has 22 heavy (non-hydrogen) atoms. The highest BCUT2D eigenvalue weighted by atomic mass is 32.2. The first-order valence-electron chi connectivity index (χ1n) is 7.42. The van der Waals surface area contributed by atoms with Gasteiger partial charge in [0.2, 0.25) is 5.89 Å². The molecule has 0 aliphatic heterocycles.